The van der Waals surface area contributed by atoms with Crippen molar-refractivity contribution in [2.75, 3.05) is 7.11 Å². The van der Waals surface area contributed by atoms with Gasteiger partial charge in [-0.15, -0.1) is 0 Å². The van der Waals surface area contributed by atoms with E-state index in [1.165, 1.54) is 0 Å². The van der Waals surface area contributed by atoms with Crippen LogP contribution in [0, 0.1) is 0 Å². The van der Waals surface area contributed by atoms with Crippen molar-refractivity contribution in [2.24, 2.45) is 5.73 Å². The Morgan fingerprint density at radius 2 is 2.12 bits per heavy atom. The van der Waals surface area contributed by atoms with Gasteiger partial charge in [-0.3, -0.25) is 4.79 Å². The van der Waals surface area contributed by atoms with Crippen LogP contribution in [-0.2, 0) is 4.79 Å². The first kappa shape index (κ1) is 13.3. The molecule has 0 aliphatic carbocycles. The van der Waals surface area contributed by atoms with E-state index >= 15 is 0 Å². The predicted octanol–water partition coefficient (Wildman–Crippen LogP) is 1.90. The van der Waals surface area contributed by atoms with E-state index < -0.39 is 12.0 Å². The van der Waals surface area contributed by atoms with E-state index in [2.05, 4.69) is 0 Å². The Morgan fingerprint density at radius 1 is 1.47 bits per heavy atom. The zero-order chi connectivity index (χ0) is 12.7. The van der Waals surface area contributed by atoms with E-state index in [0.717, 1.165) is 11.3 Å². The summed E-state index contributed by atoms with van der Waals surface area (Å²) in [4.78, 5) is 10.5. The number of ether oxygens (including phenoxy) is 1. The number of methoxy groups -OCH3 is 1. The highest BCUT2D eigenvalue weighted by Gasteiger charge is 2.08. The smallest absolute Gasteiger partial charge is 0.320 e. The van der Waals surface area contributed by atoms with Crippen molar-refractivity contribution < 1.29 is 14.6 Å². The van der Waals surface area contributed by atoms with Crippen LogP contribution < -0.4 is 10.5 Å². The molecule has 1 atom stereocenters. The van der Waals surface area contributed by atoms with Crippen LogP contribution in [0.3, 0.4) is 0 Å². The normalized spacial score (nSPS) is 12.6. The number of carboxylic acid groups (broad SMARTS) is 1. The molecule has 17 heavy (non-hydrogen) atoms. The second-order valence-corrected chi connectivity index (χ2v) is 3.70. The van der Waals surface area contributed by atoms with Crippen LogP contribution in [0.25, 0.3) is 6.08 Å². The van der Waals surface area contributed by atoms with Crippen LogP contribution >= 0.6 is 0 Å². The second kappa shape index (κ2) is 6.70. The molecule has 1 rings (SSSR count). The van der Waals surface area contributed by atoms with Crippen molar-refractivity contribution in [2.45, 2.75) is 18.9 Å². The number of aliphatic carboxylic acids is 1. The van der Waals surface area contributed by atoms with Gasteiger partial charge in [0, 0.05) is 0 Å². The zero-order valence-electron chi connectivity index (χ0n) is 9.80. The Hall–Kier alpha value is -1.81. The van der Waals surface area contributed by atoms with E-state index in [-0.39, 0.29) is 0 Å². The molecule has 0 bridgehead atoms. The molecule has 92 valence electrons. The summed E-state index contributed by atoms with van der Waals surface area (Å²) < 4.78 is 5.05. The van der Waals surface area contributed by atoms with E-state index in [1.54, 1.807) is 7.11 Å². The molecule has 0 saturated carbocycles. The summed E-state index contributed by atoms with van der Waals surface area (Å²) in [6.45, 7) is 0. The molecule has 1 aromatic carbocycles. The molecule has 0 aliphatic heterocycles. The van der Waals surface area contributed by atoms with Crippen LogP contribution in [0.5, 0.6) is 5.75 Å². The quantitative estimate of drug-likeness (QED) is 0.789. The van der Waals surface area contributed by atoms with Gasteiger partial charge >= 0.3 is 5.97 Å². The maximum atomic E-state index is 10.5. The molecule has 0 aromatic heterocycles. The standard InChI is InChI=1S/C13H17NO3/c1-17-11-8-6-10(7-9-11)4-2-3-5-12(14)13(15)16/h2,4,6-9,12H,3,5,14H2,1H3,(H,15,16)/b4-2+. The van der Waals surface area contributed by atoms with Crippen LogP contribution in [0.2, 0.25) is 0 Å². The van der Waals surface area contributed by atoms with Gasteiger partial charge in [-0.1, -0.05) is 24.3 Å². The molecule has 0 fully saturated rings. The van der Waals surface area contributed by atoms with Crippen LogP contribution in [0.1, 0.15) is 18.4 Å². The van der Waals surface area contributed by atoms with Crippen LogP contribution in [-0.4, -0.2) is 24.2 Å². The number of allylic oxidation sites excluding steroid dienone is 1. The monoisotopic (exact) mass is 235 g/mol. The molecule has 4 nitrogen and oxygen atoms in total. The van der Waals surface area contributed by atoms with E-state index in [9.17, 15) is 4.79 Å². The molecule has 0 spiro atoms. The third-order valence-corrected chi connectivity index (χ3v) is 2.39. The van der Waals surface area contributed by atoms with E-state index in [4.69, 9.17) is 15.6 Å². The summed E-state index contributed by atoms with van der Waals surface area (Å²) in [5, 5.41) is 8.59. The number of carbonyl (C=O) groups is 1. The fraction of sp³-hybridized carbons (Fsp3) is 0.308. The minimum Gasteiger partial charge on any atom is -0.497 e. The van der Waals surface area contributed by atoms with Gasteiger partial charge < -0.3 is 15.6 Å². The highest BCUT2D eigenvalue weighted by Crippen LogP contribution is 2.12. The molecule has 0 aliphatic rings. The highest BCUT2D eigenvalue weighted by atomic mass is 16.5. The average Bonchev–Trinajstić information content (AvgIpc) is 2.35. The summed E-state index contributed by atoms with van der Waals surface area (Å²) in [7, 11) is 1.62. The first-order chi connectivity index (χ1) is 8.13. The Bertz CT molecular complexity index is 384. The molecule has 4 heteroatoms. The Kier molecular flexibility index (Phi) is 5.23. The Labute approximate surface area is 101 Å². The van der Waals surface area contributed by atoms with Crippen molar-refractivity contribution in [1.82, 2.24) is 0 Å². The third kappa shape index (κ3) is 4.70. The largest absolute Gasteiger partial charge is 0.497 e. The van der Waals surface area contributed by atoms with Crippen LogP contribution in [0.15, 0.2) is 30.3 Å². The molecule has 1 aromatic rings. The number of benzene rings is 1. The van der Waals surface area contributed by atoms with Gasteiger partial charge in [0.25, 0.3) is 0 Å². The molecule has 3 N–H and O–H groups in total. The summed E-state index contributed by atoms with van der Waals surface area (Å²) in [6.07, 6.45) is 4.96. The maximum absolute atomic E-state index is 10.5. The second-order valence-electron chi connectivity index (χ2n) is 3.70. The van der Waals surface area contributed by atoms with Crippen molar-refractivity contribution in [1.29, 1.82) is 0 Å². The molecular weight excluding hydrogens is 218 g/mol. The van der Waals surface area contributed by atoms with Gasteiger partial charge in [0.05, 0.1) is 7.11 Å². The summed E-state index contributed by atoms with van der Waals surface area (Å²) in [5.41, 5.74) is 6.43. The molecular formula is C13H17NO3. The van der Waals surface area contributed by atoms with Crippen molar-refractivity contribution in [3.8, 4) is 5.75 Å². The van der Waals surface area contributed by atoms with Crippen molar-refractivity contribution in [3.63, 3.8) is 0 Å². The van der Waals surface area contributed by atoms with Gasteiger partial charge in [-0.2, -0.15) is 0 Å². The maximum Gasteiger partial charge on any atom is 0.320 e. The fourth-order valence-electron chi connectivity index (χ4n) is 1.33. The topological polar surface area (TPSA) is 72.5 Å². The van der Waals surface area contributed by atoms with Crippen molar-refractivity contribution in [3.05, 3.63) is 35.9 Å². The summed E-state index contributed by atoms with van der Waals surface area (Å²) in [6, 6.07) is 6.85. The SMILES string of the molecule is COc1ccc(/C=C/CCC(N)C(=O)O)cc1. The Morgan fingerprint density at radius 3 is 2.65 bits per heavy atom. The van der Waals surface area contributed by atoms with Gasteiger partial charge in [0.2, 0.25) is 0 Å². The highest BCUT2D eigenvalue weighted by molar-refractivity contribution is 5.73. The number of hydrogen-bond acceptors (Lipinski definition) is 3. The third-order valence-electron chi connectivity index (χ3n) is 2.39. The molecule has 0 heterocycles. The first-order valence-electron chi connectivity index (χ1n) is 5.42. The summed E-state index contributed by atoms with van der Waals surface area (Å²) >= 11 is 0. The van der Waals surface area contributed by atoms with Crippen molar-refractivity contribution >= 4 is 12.0 Å². The predicted molar refractivity (Wildman–Crippen MR) is 66.9 cm³/mol. The van der Waals surface area contributed by atoms with E-state index in [0.29, 0.717) is 12.8 Å². The Balaban J connectivity index is 2.40. The number of rotatable bonds is 6. The molecule has 0 amide bonds. The first-order valence-corrected chi connectivity index (χ1v) is 5.42. The van der Waals surface area contributed by atoms with Gasteiger partial charge in [0.1, 0.15) is 11.8 Å². The lowest BCUT2D eigenvalue weighted by atomic mass is 10.1. The summed E-state index contributed by atoms with van der Waals surface area (Å²) in [5.74, 6) is -0.141. The molecule has 1 unspecified atom stereocenters. The fourth-order valence-corrected chi connectivity index (χ4v) is 1.33. The lowest BCUT2D eigenvalue weighted by Gasteiger charge is -2.02. The number of hydrogen-bond donors (Lipinski definition) is 2. The minimum absolute atomic E-state index is 0.446. The lowest BCUT2D eigenvalue weighted by molar-refractivity contribution is -0.138. The average molecular weight is 235 g/mol. The zero-order valence-corrected chi connectivity index (χ0v) is 9.80. The minimum atomic E-state index is -0.956. The van der Waals surface area contributed by atoms with Gasteiger partial charge in [0.15, 0.2) is 0 Å². The van der Waals surface area contributed by atoms with Gasteiger partial charge in [-0.05, 0) is 30.5 Å². The molecule has 0 radical (unpaired) electrons. The lowest BCUT2D eigenvalue weighted by Crippen LogP contribution is -2.29. The number of nitrogens with two attached hydrogens (primary N) is 1. The van der Waals surface area contributed by atoms with E-state index in [1.807, 2.05) is 36.4 Å². The van der Waals surface area contributed by atoms with Crippen LogP contribution in [0.4, 0.5) is 0 Å². The van der Waals surface area contributed by atoms with Gasteiger partial charge in [-0.25, -0.2) is 0 Å². The molecule has 0 saturated heterocycles. The number of carboxylic acids is 1.